The summed E-state index contributed by atoms with van der Waals surface area (Å²) in [6, 6.07) is 4.30. The van der Waals surface area contributed by atoms with Crippen molar-refractivity contribution in [2.45, 2.75) is 20.3 Å². The highest BCUT2D eigenvalue weighted by atomic mass is 19.1. The van der Waals surface area contributed by atoms with Crippen LogP contribution in [0.4, 0.5) is 14.7 Å². The van der Waals surface area contributed by atoms with Crippen molar-refractivity contribution < 1.29 is 13.5 Å². The third-order valence-corrected chi connectivity index (χ3v) is 2.60. The lowest BCUT2D eigenvalue weighted by molar-refractivity contribution is 0.417. The molecule has 6 heteroatoms. The molecular weight excluding hydrogens is 264 g/mol. The van der Waals surface area contributed by atoms with Crippen molar-refractivity contribution in [2.24, 2.45) is 0 Å². The van der Waals surface area contributed by atoms with Gasteiger partial charge in [0.15, 0.2) is 0 Å². The van der Waals surface area contributed by atoms with Crippen LogP contribution in [-0.4, -0.2) is 16.5 Å². The molecule has 0 aliphatic carbocycles. The number of rotatable bonds is 5. The fourth-order valence-electron chi connectivity index (χ4n) is 1.49. The molecule has 106 valence electrons. The SMILES string of the molecule is CCCNc1ncc(F)c(Oc2ccc(C)c(F)c2)n1. The Morgan fingerprint density at radius 3 is 2.75 bits per heavy atom. The topological polar surface area (TPSA) is 47.0 Å². The van der Waals surface area contributed by atoms with E-state index in [2.05, 4.69) is 15.3 Å². The van der Waals surface area contributed by atoms with Gasteiger partial charge in [0.2, 0.25) is 11.8 Å². The number of halogens is 2. The maximum absolute atomic E-state index is 13.6. The fourth-order valence-corrected chi connectivity index (χ4v) is 1.49. The van der Waals surface area contributed by atoms with E-state index in [1.165, 1.54) is 6.07 Å². The van der Waals surface area contributed by atoms with E-state index >= 15 is 0 Å². The second-order valence-corrected chi connectivity index (χ2v) is 4.29. The zero-order chi connectivity index (χ0) is 14.5. The molecule has 4 nitrogen and oxygen atoms in total. The first kappa shape index (κ1) is 14.2. The Balaban J connectivity index is 2.20. The van der Waals surface area contributed by atoms with Crippen molar-refractivity contribution in [2.75, 3.05) is 11.9 Å². The van der Waals surface area contributed by atoms with Crippen molar-refractivity contribution >= 4 is 5.95 Å². The van der Waals surface area contributed by atoms with Gasteiger partial charge in [0.05, 0.1) is 6.20 Å². The molecule has 1 aromatic carbocycles. The Morgan fingerprint density at radius 1 is 1.25 bits per heavy atom. The second kappa shape index (κ2) is 6.27. The molecule has 0 amide bonds. The highest BCUT2D eigenvalue weighted by Gasteiger charge is 2.10. The molecule has 2 aromatic rings. The molecule has 0 saturated carbocycles. The zero-order valence-corrected chi connectivity index (χ0v) is 11.3. The van der Waals surface area contributed by atoms with Gasteiger partial charge in [-0.2, -0.15) is 9.37 Å². The van der Waals surface area contributed by atoms with E-state index in [9.17, 15) is 8.78 Å². The summed E-state index contributed by atoms with van der Waals surface area (Å²) in [7, 11) is 0. The lowest BCUT2D eigenvalue weighted by Gasteiger charge is -2.08. The number of nitrogens with one attached hydrogen (secondary N) is 1. The van der Waals surface area contributed by atoms with E-state index in [0.29, 0.717) is 12.1 Å². The van der Waals surface area contributed by atoms with Crippen LogP contribution in [0.3, 0.4) is 0 Å². The van der Waals surface area contributed by atoms with Crippen LogP contribution in [0.25, 0.3) is 0 Å². The van der Waals surface area contributed by atoms with Gasteiger partial charge in [0.25, 0.3) is 5.88 Å². The molecule has 1 aromatic heterocycles. The predicted octanol–water partition coefficient (Wildman–Crippen LogP) is 3.68. The van der Waals surface area contributed by atoms with Gasteiger partial charge in [-0.3, -0.25) is 0 Å². The first-order valence-corrected chi connectivity index (χ1v) is 6.30. The van der Waals surface area contributed by atoms with Gasteiger partial charge in [-0.05, 0) is 25.0 Å². The minimum atomic E-state index is -0.701. The first-order chi connectivity index (χ1) is 9.60. The summed E-state index contributed by atoms with van der Waals surface area (Å²) in [6.45, 7) is 4.30. The molecule has 1 N–H and O–H groups in total. The van der Waals surface area contributed by atoms with E-state index in [0.717, 1.165) is 12.6 Å². The van der Waals surface area contributed by atoms with Gasteiger partial charge in [-0.1, -0.05) is 13.0 Å². The average Bonchev–Trinajstić information content (AvgIpc) is 2.44. The molecule has 0 fully saturated rings. The minimum Gasteiger partial charge on any atom is -0.436 e. The van der Waals surface area contributed by atoms with E-state index in [1.54, 1.807) is 19.1 Å². The molecule has 0 radical (unpaired) electrons. The van der Waals surface area contributed by atoms with Crippen LogP contribution in [0.5, 0.6) is 11.6 Å². The Labute approximate surface area is 115 Å². The quantitative estimate of drug-likeness (QED) is 0.907. The van der Waals surface area contributed by atoms with Gasteiger partial charge in [-0.15, -0.1) is 0 Å². The standard InChI is InChI=1S/C14H15F2N3O/c1-3-6-17-14-18-8-12(16)13(19-14)20-10-5-4-9(2)11(15)7-10/h4-5,7-8H,3,6H2,1-2H3,(H,17,18,19). The van der Waals surface area contributed by atoms with Crippen molar-refractivity contribution in [3.63, 3.8) is 0 Å². The molecule has 0 unspecified atom stereocenters. The van der Waals surface area contributed by atoms with E-state index < -0.39 is 11.6 Å². The van der Waals surface area contributed by atoms with E-state index in [-0.39, 0.29) is 17.6 Å². The van der Waals surface area contributed by atoms with Crippen LogP contribution in [0.15, 0.2) is 24.4 Å². The molecule has 0 atom stereocenters. The number of anilines is 1. The maximum Gasteiger partial charge on any atom is 0.260 e. The van der Waals surface area contributed by atoms with Crippen molar-refractivity contribution in [3.05, 3.63) is 41.6 Å². The van der Waals surface area contributed by atoms with Gasteiger partial charge in [0.1, 0.15) is 11.6 Å². The molecule has 1 heterocycles. The van der Waals surface area contributed by atoms with Gasteiger partial charge < -0.3 is 10.1 Å². The summed E-state index contributed by atoms with van der Waals surface area (Å²) >= 11 is 0. The Kier molecular flexibility index (Phi) is 4.45. The fraction of sp³-hybridized carbons (Fsp3) is 0.286. The largest absolute Gasteiger partial charge is 0.436 e. The normalized spacial score (nSPS) is 10.4. The van der Waals surface area contributed by atoms with Crippen molar-refractivity contribution in [1.82, 2.24) is 9.97 Å². The summed E-state index contributed by atoms with van der Waals surface area (Å²) in [5.74, 6) is -0.890. The van der Waals surface area contributed by atoms with Crippen molar-refractivity contribution in [1.29, 1.82) is 0 Å². The van der Waals surface area contributed by atoms with Crippen LogP contribution in [-0.2, 0) is 0 Å². The third kappa shape index (κ3) is 3.40. The lowest BCUT2D eigenvalue weighted by atomic mass is 10.2. The van der Waals surface area contributed by atoms with Crippen molar-refractivity contribution in [3.8, 4) is 11.6 Å². The minimum absolute atomic E-state index is 0.187. The molecule has 0 aliphatic heterocycles. The van der Waals surface area contributed by atoms with Gasteiger partial charge in [-0.25, -0.2) is 9.37 Å². The molecular formula is C14H15F2N3O. The number of aryl methyl sites for hydroxylation is 1. The predicted molar refractivity (Wildman–Crippen MR) is 72.0 cm³/mol. The smallest absolute Gasteiger partial charge is 0.260 e. The lowest BCUT2D eigenvalue weighted by Crippen LogP contribution is -2.05. The number of benzene rings is 1. The van der Waals surface area contributed by atoms with E-state index in [4.69, 9.17) is 4.74 Å². The number of nitrogens with zero attached hydrogens (tertiary/aromatic N) is 2. The summed E-state index contributed by atoms with van der Waals surface area (Å²) in [5, 5.41) is 2.93. The van der Waals surface area contributed by atoms with Crippen LogP contribution in [0.2, 0.25) is 0 Å². The second-order valence-electron chi connectivity index (χ2n) is 4.29. The van der Waals surface area contributed by atoms with Crippen LogP contribution in [0, 0.1) is 18.6 Å². The molecule has 0 aliphatic rings. The summed E-state index contributed by atoms with van der Waals surface area (Å²) in [4.78, 5) is 7.71. The molecule has 20 heavy (non-hydrogen) atoms. The molecule has 0 saturated heterocycles. The first-order valence-electron chi connectivity index (χ1n) is 6.30. The molecule has 2 rings (SSSR count). The van der Waals surface area contributed by atoms with Gasteiger partial charge in [0, 0.05) is 12.6 Å². The van der Waals surface area contributed by atoms with Crippen LogP contribution in [0.1, 0.15) is 18.9 Å². The summed E-state index contributed by atoms with van der Waals surface area (Å²) < 4.78 is 32.3. The Hall–Kier alpha value is -2.24. The van der Waals surface area contributed by atoms with E-state index in [1.807, 2.05) is 6.92 Å². The molecule has 0 bridgehead atoms. The van der Waals surface area contributed by atoms with Crippen LogP contribution >= 0.6 is 0 Å². The Bertz CT molecular complexity index is 605. The number of hydrogen-bond donors (Lipinski definition) is 1. The zero-order valence-electron chi connectivity index (χ0n) is 11.3. The average molecular weight is 279 g/mol. The van der Waals surface area contributed by atoms with Gasteiger partial charge >= 0.3 is 0 Å². The highest BCUT2D eigenvalue weighted by molar-refractivity contribution is 5.34. The number of aromatic nitrogens is 2. The summed E-state index contributed by atoms with van der Waals surface area (Å²) in [5.41, 5.74) is 0.491. The van der Waals surface area contributed by atoms with Crippen LogP contribution < -0.4 is 10.1 Å². The summed E-state index contributed by atoms with van der Waals surface area (Å²) in [6.07, 6.45) is 1.91. The number of ether oxygens (including phenoxy) is 1. The monoisotopic (exact) mass is 279 g/mol. The number of hydrogen-bond acceptors (Lipinski definition) is 4. The Morgan fingerprint density at radius 2 is 2.05 bits per heavy atom. The third-order valence-electron chi connectivity index (χ3n) is 2.60. The highest BCUT2D eigenvalue weighted by Crippen LogP contribution is 2.24. The molecule has 0 spiro atoms. The maximum atomic E-state index is 13.6.